The summed E-state index contributed by atoms with van der Waals surface area (Å²) in [4.78, 5) is 24.6. The summed E-state index contributed by atoms with van der Waals surface area (Å²) in [5, 5.41) is 10.6. The molecule has 2 aliphatic rings. The molecule has 0 bridgehead atoms. The number of nitrogens with one attached hydrogen (secondary N) is 3. The topological polar surface area (TPSA) is 100 Å². The van der Waals surface area contributed by atoms with Crippen LogP contribution in [0.5, 0.6) is 0 Å². The normalized spacial score (nSPS) is 19.0. The molecule has 0 saturated heterocycles. The molecule has 8 nitrogen and oxygen atoms in total. The van der Waals surface area contributed by atoms with E-state index in [1.165, 1.54) is 6.20 Å². The summed E-state index contributed by atoms with van der Waals surface area (Å²) < 4.78 is 42.0. The average molecular weight is 469 g/mol. The molecule has 1 amide bonds. The molecule has 2 aliphatic carbocycles. The molecular formula is C23H22F3N7O. The number of alkyl halides is 3. The molecular weight excluding hydrogens is 447 g/mol. The first kappa shape index (κ1) is 20.9. The van der Waals surface area contributed by atoms with Crippen LogP contribution in [0.2, 0.25) is 0 Å². The van der Waals surface area contributed by atoms with Crippen LogP contribution in [-0.4, -0.2) is 54.7 Å². The molecule has 0 spiro atoms. The summed E-state index contributed by atoms with van der Waals surface area (Å²) in [6.45, 7) is 0.188. The fourth-order valence-corrected chi connectivity index (χ4v) is 4.56. The number of nitrogens with zero attached hydrogens (tertiary/aromatic N) is 4. The van der Waals surface area contributed by atoms with Gasteiger partial charge in [0.25, 0.3) is 11.8 Å². The number of aromatic nitrogens is 5. The molecule has 4 aromatic rings. The SMILES string of the molecule is O=C(NC1CC(F)(F)C1)c1cnn2ccc(-c3c[nH]c4nc(NCC5(F)CCC5)ncc34)cc12. The summed E-state index contributed by atoms with van der Waals surface area (Å²) in [7, 11) is 0. The van der Waals surface area contributed by atoms with Gasteiger partial charge in [0.1, 0.15) is 11.3 Å². The maximum Gasteiger partial charge on any atom is 0.255 e. The Kier molecular flexibility index (Phi) is 4.58. The van der Waals surface area contributed by atoms with Crippen molar-refractivity contribution in [1.82, 2.24) is 29.9 Å². The number of hydrogen-bond donors (Lipinski definition) is 3. The Balaban J connectivity index is 1.25. The van der Waals surface area contributed by atoms with Crippen molar-refractivity contribution < 1.29 is 18.0 Å². The van der Waals surface area contributed by atoms with Crippen LogP contribution in [0.3, 0.4) is 0 Å². The van der Waals surface area contributed by atoms with Crippen LogP contribution in [0.1, 0.15) is 42.5 Å². The molecule has 4 aromatic heterocycles. The zero-order valence-corrected chi connectivity index (χ0v) is 18.1. The lowest BCUT2D eigenvalue weighted by Crippen LogP contribution is -2.50. The van der Waals surface area contributed by atoms with Gasteiger partial charge in [-0.15, -0.1) is 0 Å². The largest absolute Gasteiger partial charge is 0.351 e. The number of H-pyrrole nitrogens is 1. The highest BCUT2D eigenvalue weighted by molar-refractivity contribution is 6.02. The lowest BCUT2D eigenvalue weighted by Gasteiger charge is -2.35. The first-order chi connectivity index (χ1) is 16.3. The summed E-state index contributed by atoms with van der Waals surface area (Å²) in [5.74, 6) is -2.77. The van der Waals surface area contributed by atoms with Gasteiger partial charge in [0.15, 0.2) is 0 Å². The number of rotatable bonds is 6. The Bertz CT molecular complexity index is 1400. The molecule has 0 unspecified atom stereocenters. The van der Waals surface area contributed by atoms with Gasteiger partial charge in [-0.25, -0.2) is 22.7 Å². The molecule has 34 heavy (non-hydrogen) atoms. The smallest absolute Gasteiger partial charge is 0.255 e. The van der Waals surface area contributed by atoms with Gasteiger partial charge >= 0.3 is 0 Å². The third-order valence-electron chi connectivity index (χ3n) is 6.75. The number of halogens is 3. The van der Waals surface area contributed by atoms with E-state index in [1.807, 2.05) is 12.1 Å². The second-order valence-electron chi connectivity index (χ2n) is 9.25. The van der Waals surface area contributed by atoms with Crippen molar-refractivity contribution >= 4 is 28.4 Å². The highest BCUT2D eigenvalue weighted by Crippen LogP contribution is 2.38. The Morgan fingerprint density at radius 1 is 1.24 bits per heavy atom. The highest BCUT2D eigenvalue weighted by atomic mass is 19.3. The number of carbonyl (C=O) groups is 1. The standard InChI is InChI=1S/C23H22F3N7O/c24-22(3-1-4-22)12-29-21-28-10-16-15(9-27-19(16)32-21)13-2-5-33-18(6-13)17(11-30-33)20(34)31-14-7-23(25,26)8-14/h2,5-6,9-11,14H,1,3-4,7-8,12H2,(H,31,34)(H2,27,28,29,32). The number of fused-ring (bicyclic) bond motifs is 2. The van der Waals surface area contributed by atoms with Gasteiger partial charge in [-0.2, -0.15) is 10.1 Å². The Morgan fingerprint density at radius 2 is 2.06 bits per heavy atom. The number of anilines is 1. The van der Waals surface area contributed by atoms with Crippen LogP contribution in [0, 0.1) is 0 Å². The number of hydrogen-bond acceptors (Lipinski definition) is 5. The van der Waals surface area contributed by atoms with Gasteiger partial charge in [-0.3, -0.25) is 4.79 Å². The second-order valence-corrected chi connectivity index (χ2v) is 9.25. The van der Waals surface area contributed by atoms with Crippen LogP contribution in [0.15, 0.2) is 36.9 Å². The Hall–Kier alpha value is -3.63. The fraction of sp³-hybridized carbons (Fsp3) is 0.391. The van der Waals surface area contributed by atoms with E-state index in [4.69, 9.17) is 0 Å². The molecule has 6 rings (SSSR count). The van der Waals surface area contributed by atoms with Gasteiger partial charge in [0.2, 0.25) is 5.95 Å². The Labute approximate surface area is 192 Å². The van der Waals surface area contributed by atoms with E-state index in [9.17, 15) is 18.0 Å². The maximum absolute atomic E-state index is 14.3. The molecule has 4 heterocycles. The first-order valence-electron chi connectivity index (χ1n) is 11.2. The van der Waals surface area contributed by atoms with Crippen LogP contribution in [0.4, 0.5) is 19.1 Å². The quantitative estimate of drug-likeness (QED) is 0.395. The first-order valence-corrected chi connectivity index (χ1v) is 11.2. The van der Waals surface area contributed by atoms with Crippen molar-refractivity contribution in [2.75, 3.05) is 11.9 Å². The van der Waals surface area contributed by atoms with E-state index >= 15 is 0 Å². The van der Waals surface area contributed by atoms with Crippen LogP contribution in [0.25, 0.3) is 27.7 Å². The molecule has 11 heteroatoms. The summed E-state index contributed by atoms with van der Waals surface area (Å²) in [6, 6.07) is 3.13. The predicted octanol–water partition coefficient (Wildman–Crippen LogP) is 4.10. The molecule has 3 N–H and O–H groups in total. The van der Waals surface area contributed by atoms with E-state index in [2.05, 4.69) is 30.7 Å². The molecule has 0 aliphatic heterocycles. The summed E-state index contributed by atoms with van der Waals surface area (Å²) >= 11 is 0. The molecule has 0 aromatic carbocycles. The van der Waals surface area contributed by atoms with Crippen LogP contribution < -0.4 is 10.6 Å². The molecule has 176 valence electrons. The lowest BCUT2D eigenvalue weighted by atomic mass is 9.82. The van der Waals surface area contributed by atoms with E-state index in [0.717, 1.165) is 22.9 Å². The van der Waals surface area contributed by atoms with Crippen molar-refractivity contribution in [3.05, 3.63) is 42.5 Å². The minimum absolute atomic E-state index is 0.188. The zero-order chi connectivity index (χ0) is 23.5. The van der Waals surface area contributed by atoms with E-state index in [-0.39, 0.29) is 19.4 Å². The minimum Gasteiger partial charge on any atom is -0.351 e. The van der Waals surface area contributed by atoms with Gasteiger partial charge < -0.3 is 15.6 Å². The van der Waals surface area contributed by atoms with Crippen molar-refractivity contribution in [3.8, 4) is 11.1 Å². The third kappa shape index (κ3) is 3.64. The van der Waals surface area contributed by atoms with Crippen molar-refractivity contribution in [2.24, 2.45) is 0 Å². The van der Waals surface area contributed by atoms with Gasteiger partial charge in [-0.05, 0) is 37.0 Å². The molecule has 0 radical (unpaired) electrons. The Morgan fingerprint density at radius 3 is 2.79 bits per heavy atom. The number of pyridine rings is 1. The highest BCUT2D eigenvalue weighted by Gasteiger charge is 2.46. The average Bonchev–Trinajstić information content (AvgIpc) is 3.38. The van der Waals surface area contributed by atoms with E-state index in [0.29, 0.717) is 35.5 Å². The lowest BCUT2D eigenvalue weighted by molar-refractivity contribution is -0.0901. The van der Waals surface area contributed by atoms with Crippen LogP contribution in [-0.2, 0) is 0 Å². The zero-order valence-electron chi connectivity index (χ0n) is 18.1. The number of carbonyl (C=O) groups excluding carboxylic acids is 1. The minimum atomic E-state index is -2.70. The maximum atomic E-state index is 14.3. The van der Waals surface area contributed by atoms with E-state index < -0.39 is 23.5 Å². The van der Waals surface area contributed by atoms with Gasteiger partial charge in [0.05, 0.1) is 23.8 Å². The second kappa shape index (κ2) is 7.44. The van der Waals surface area contributed by atoms with Crippen molar-refractivity contribution in [2.45, 2.75) is 49.7 Å². The van der Waals surface area contributed by atoms with Crippen LogP contribution >= 0.6 is 0 Å². The van der Waals surface area contributed by atoms with E-state index in [1.54, 1.807) is 23.1 Å². The van der Waals surface area contributed by atoms with Gasteiger partial charge in [-0.1, -0.05) is 0 Å². The molecule has 2 saturated carbocycles. The summed E-state index contributed by atoms with van der Waals surface area (Å²) in [5.41, 5.74) is 1.94. The van der Waals surface area contributed by atoms with Crippen molar-refractivity contribution in [3.63, 3.8) is 0 Å². The van der Waals surface area contributed by atoms with Crippen molar-refractivity contribution in [1.29, 1.82) is 0 Å². The number of aromatic amines is 1. The monoisotopic (exact) mass is 469 g/mol. The predicted molar refractivity (Wildman–Crippen MR) is 120 cm³/mol. The number of amides is 1. The third-order valence-corrected chi connectivity index (χ3v) is 6.75. The van der Waals surface area contributed by atoms with Gasteiger partial charge in [0, 0.05) is 48.4 Å². The fourth-order valence-electron chi connectivity index (χ4n) is 4.56. The molecule has 0 atom stereocenters. The summed E-state index contributed by atoms with van der Waals surface area (Å²) in [6.07, 6.45) is 7.95. The molecule has 2 fully saturated rings.